The van der Waals surface area contributed by atoms with Gasteiger partial charge in [0.05, 0.1) is 0 Å². The van der Waals surface area contributed by atoms with E-state index in [1.807, 2.05) is 0 Å². The van der Waals surface area contributed by atoms with Crippen molar-refractivity contribution in [2.75, 3.05) is 0 Å². The van der Waals surface area contributed by atoms with Crippen LogP contribution >= 0.6 is 11.8 Å². The Labute approximate surface area is 190 Å². The number of hydrogen-bond donors (Lipinski definition) is 0. The lowest BCUT2D eigenvalue weighted by Crippen LogP contribution is -2.50. The topological polar surface area (TPSA) is 23.8 Å². The Morgan fingerprint density at radius 2 is 1.87 bits per heavy atom. The van der Waals surface area contributed by atoms with E-state index in [-0.39, 0.29) is 0 Å². The lowest BCUT2D eigenvalue weighted by molar-refractivity contribution is -0.0497. The largest absolute Gasteiger partial charge is 0.185 e. The van der Waals surface area contributed by atoms with Crippen LogP contribution in [0.4, 0.5) is 0 Å². The molecule has 168 valence electrons. The Balaban J connectivity index is 1.48. The highest BCUT2D eigenvalue weighted by Crippen LogP contribution is 2.67. The van der Waals surface area contributed by atoms with E-state index in [0.29, 0.717) is 16.1 Å². The fourth-order valence-electron chi connectivity index (χ4n) is 8.83. The summed E-state index contributed by atoms with van der Waals surface area (Å²) in [4.78, 5) is 0. The zero-order valence-electron chi connectivity index (χ0n) is 20.3. The van der Waals surface area contributed by atoms with Gasteiger partial charge in [0.15, 0.2) is 0 Å². The Kier molecular flexibility index (Phi) is 6.71. The first-order chi connectivity index (χ1) is 14.3. The minimum Gasteiger partial charge on any atom is -0.185 e. The van der Waals surface area contributed by atoms with Gasteiger partial charge in [0.1, 0.15) is 5.40 Å². The number of fused-ring (bicyclic) bond motifs is 5. The van der Waals surface area contributed by atoms with Crippen molar-refractivity contribution >= 4 is 11.8 Å². The smallest absolute Gasteiger partial charge is 0.133 e. The van der Waals surface area contributed by atoms with Crippen molar-refractivity contribution in [3.63, 3.8) is 0 Å². The van der Waals surface area contributed by atoms with E-state index in [4.69, 9.17) is 5.26 Å². The molecule has 0 aromatic carbocycles. The van der Waals surface area contributed by atoms with Crippen molar-refractivity contribution in [2.24, 2.45) is 46.3 Å². The second-order valence-corrected chi connectivity index (χ2v) is 13.4. The van der Waals surface area contributed by atoms with Crippen molar-refractivity contribution in [3.8, 4) is 5.40 Å². The third kappa shape index (κ3) is 3.91. The van der Waals surface area contributed by atoms with E-state index in [0.717, 1.165) is 35.5 Å². The summed E-state index contributed by atoms with van der Waals surface area (Å²) in [5.74, 6) is 5.49. The molecule has 3 saturated carbocycles. The molecule has 0 unspecified atom stereocenters. The lowest BCUT2D eigenvalue weighted by atomic mass is 9.47. The second-order valence-electron chi connectivity index (χ2n) is 12.4. The summed E-state index contributed by atoms with van der Waals surface area (Å²) in [6.07, 6.45) is 17.9. The molecule has 8 atom stereocenters. The molecule has 0 bridgehead atoms. The Morgan fingerprint density at radius 1 is 1.07 bits per heavy atom. The SMILES string of the molecule is CC(C)CCC[C@@H](C)[C@H]1CC[C@H]2[C@@H]3CC=C4C[C@H](SC#N)CC[C@]4(C)[C@H]3CC[C@]12C. The second kappa shape index (κ2) is 8.84. The van der Waals surface area contributed by atoms with Gasteiger partial charge < -0.3 is 0 Å². The molecular weight excluding hydrogens is 382 g/mol. The van der Waals surface area contributed by atoms with Gasteiger partial charge in [0, 0.05) is 5.25 Å². The Morgan fingerprint density at radius 3 is 2.60 bits per heavy atom. The zero-order valence-corrected chi connectivity index (χ0v) is 21.1. The van der Waals surface area contributed by atoms with Crippen LogP contribution < -0.4 is 0 Å². The lowest BCUT2D eigenvalue weighted by Gasteiger charge is -2.58. The van der Waals surface area contributed by atoms with Crippen molar-refractivity contribution in [2.45, 2.75) is 110 Å². The molecule has 2 heteroatoms. The first-order valence-electron chi connectivity index (χ1n) is 13.0. The van der Waals surface area contributed by atoms with Gasteiger partial charge >= 0.3 is 0 Å². The number of thiocyanates is 1. The van der Waals surface area contributed by atoms with E-state index in [1.165, 1.54) is 82.4 Å². The van der Waals surface area contributed by atoms with Crippen molar-refractivity contribution in [3.05, 3.63) is 11.6 Å². The summed E-state index contributed by atoms with van der Waals surface area (Å²) in [5, 5.41) is 12.0. The van der Waals surface area contributed by atoms with Gasteiger partial charge in [-0.15, -0.1) is 0 Å². The predicted octanol–water partition coefficient (Wildman–Crippen LogP) is 8.61. The maximum absolute atomic E-state index is 9.14. The van der Waals surface area contributed by atoms with E-state index in [2.05, 4.69) is 46.1 Å². The number of nitriles is 1. The van der Waals surface area contributed by atoms with E-state index < -0.39 is 0 Å². The summed E-state index contributed by atoms with van der Waals surface area (Å²) >= 11 is 1.53. The molecule has 4 aliphatic carbocycles. The van der Waals surface area contributed by atoms with Gasteiger partial charge in [-0.2, -0.15) is 5.26 Å². The van der Waals surface area contributed by atoms with Crippen LogP contribution in [-0.2, 0) is 0 Å². The van der Waals surface area contributed by atoms with E-state index >= 15 is 0 Å². The number of allylic oxidation sites excluding steroid dienone is 2. The van der Waals surface area contributed by atoms with Crippen LogP contribution in [0.3, 0.4) is 0 Å². The molecule has 4 rings (SSSR count). The quantitative estimate of drug-likeness (QED) is 0.313. The zero-order chi connectivity index (χ0) is 21.5. The average molecular weight is 428 g/mol. The Bertz CT molecular complexity index is 689. The van der Waals surface area contributed by atoms with E-state index in [1.54, 1.807) is 5.57 Å². The summed E-state index contributed by atoms with van der Waals surface area (Å²) in [7, 11) is 0. The van der Waals surface area contributed by atoms with Crippen LogP contribution in [0.15, 0.2) is 11.6 Å². The maximum atomic E-state index is 9.14. The van der Waals surface area contributed by atoms with Crippen LogP contribution in [0.1, 0.15) is 105 Å². The molecule has 0 amide bonds. The molecule has 0 radical (unpaired) electrons. The summed E-state index contributed by atoms with van der Waals surface area (Å²) < 4.78 is 0. The molecule has 3 fully saturated rings. The standard InChI is InChI=1S/C28H45NS/c1-19(2)7-6-8-20(3)24-11-12-25-23-10-9-21-17-22(30-18-29)13-15-27(21,4)26(23)14-16-28(24,25)5/h9,19-20,22-26H,6-8,10-17H2,1-5H3/t20-,22-,23+,24-,25+,26+,27+,28-/m1/s1. The first kappa shape index (κ1) is 22.8. The van der Waals surface area contributed by atoms with Gasteiger partial charge in [0.2, 0.25) is 0 Å². The minimum absolute atomic E-state index is 0.428. The van der Waals surface area contributed by atoms with E-state index in [9.17, 15) is 0 Å². The van der Waals surface area contributed by atoms with Crippen LogP contribution in [0.25, 0.3) is 0 Å². The number of hydrogen-bond acceptors (Lipinski definition) is 2. The fraction of sp³-hybridized carbons (Fsp3) is 0.893. The van der Waals surface area contributed by atoms with Crippen molar-refractivity contribution < 1.29 is 0 Å². The number of thioether (sulfide) groups is 1. The summed E-state index contributed by atoms with van der Waals surface area (Å²) in [6.45, 7) is 12.6. The fourth-order valence-corrected chi connectivity index (χ4v) is 9.47. The van der Waals surface area contributed by atoms with Crippen molar-refractivity contribution in [1.82, 2.24) is 0 Å². The Hall–Kier alpha value is -0.420. The van der Waals surface area contributed by atoms with Crippen LogP contribution in [-0.4, -0.2) is 5.25 Å². The molecule has 4 aliphatic rings. The third-order valence-electron chi connectivity index (χ3n) is 10.5. The molecular formula is C28H45NS. The van der Waals surface area contributed by atoms with Crippen LogP contribution in [0.5, 0.6) is 0 Å². The van der Waals surface area contributed by atoms with Crippen LogP contribution in [0, 0.1) is 57.0 Å². The van der Waals surface area contributed by atoms with Gasteiger partial charge in [0.25, 0.3) is 0 Å². The minimum atomic E-state index is 0.428. The number of nitrogens with zero attached hydrogens (tertiary/aromatic N) is 1. The monoisotopic (exact) mass is 427 g/mol. The summed E-state index contributed by atoms with van der Waals surface area (Å²) in [5.41, 5.74) is 2.74. The molecule has 0 aromatic heterocycles. The van der Waals surface area contributed by atoms with Gasteiger partial charge in [-0.25, -0.2) is 0 Å². The molecule has 0 aliphatic heterocycles. The summed E-state index contributed by atoms with van der Waals surface area (Å²) in [6, 6.07) is 0. The molecule has 0 aromatic rings. The van der Waals surface area contributed by atoms with Gasteiger partial charge in [-0.3, -0.25) is 0 Å². The molecule has 1 nitrogen and oxygen atoms in total. The predicted molar refractivity (Wildman–Crippen MR) is 130 cm³/mol. The number of rotatable bonds is 6. The highest BCUT2D eigenvalue weighted by atomic mass is 32.2. The average Bonchev–Trinajstić information content (AvgIpc) is 3.05. The highest BCUT2D eigenvalue weighted by Gasteiger charge is 2.59. The molecule has 0 N–H and O–H groups in total. The normalized spacial score (nSPS) is 43.9. The molecule has 30 heavy (non-hydrogen) atoms. The third-order valence-corrected chi connectivity index (χ3v) is 11.3. The van der Waals surface area contributed by atoms with Crippen molar-refractivity contribution in [1.29, 1.82) is 5.26 Å². The van der Waals surface area contributed by atoms with Crippen LogP contribution in [0.2, 0.25) is 0 Å². The maximum Gasteiger partial charge on any atom is 0.133 e. The highest BCUT2D eigenvalue weighted by molar-refractivity contribution is 8.04. The van der Waals surface area contributed by atoms with Gasteiger partial charge in [-0.1, -0.05) is 65.5 Å². The molecule has 0 spiro atoms. The first-order valence-corrected chi connectivity index (χ1v) is 13.9. The van der Waals surface area contributed by atoms with Gasteiger partial charge in [-0.05, 0) is 109 Å². The molecule has 0 heterocycles. The molecule has 0 saturated heterocycles.